The Morgan fingerprint density at radius 2 is 1.76 bits per heavy atom. The van der Waals surface area contributed by atoms with Gasteiger partial charge in [-0.2, -0.15) is 0 Å². The number of hydrogen-bond donors (Lipinski definition) is 0. The average Bonchev–Trinajstić information content (AvgIpc) is 3.24. The van der Waals surface area contributed by atoms with Gasteiger partial charge in [-0.1, -0.05) is 41.9 Å². The van der Waals surface area contributed by atoms with Crippen LogP contribution in [-0.2, 0) is 4.79 Å². The molecule has 1 atom stereocenters. The maximum absolute atomic E-state index is 13.0. The quantitative estimate of drug-likeness (QED) is 0.794. The molecule has 154 valence electrons. The molecule has 6 heteroatoms. The summed E-state index contributed by atoms with van der Waals surface area (Å²) in [6.07, 6.45) is 3.83. The van der Waals surface area contributed by atoms with Crippen molar-refractivity contribution >= 4 is 11.8 Å². The molecule has 2 saturated heterocycles. The van der Waals surface area contributed by atoms with E-state index in [9.17, 15) is 9.59 Å². The van der Waals surface area contributed by atoms with Crippen LogP contribution in [0.4, 0.5) is 0 Å². The van der Waals surface area contributed by atoms with E-state index >= 15 is 0 Å². The van der Waals surface area contributed by atoms with Gasteiger partial charge in [-0.3, -0.25) is 9.59 Å². The van der Waals surface area contributed by atoms with Crippen molar-refractivity contribution in [1.29, 1.82) is 0 Å². The van der Waals surface area contributed by atoms with Crippen LogP contribution in [0.5, 0.6) is 0 Å². The molecule has 4 rings (SSSR count). The van der Waals surface area contributed by atoms with Crippen molar-refractivity contribution in [3.8, 4) is 11.3 Å². The standard InChI is InChI=1S/C23H29N3O3/c1-16-5-7-18(8-6-16)21-14-20(24-29-21)23(28)26-11-3-4-19(15-26)22(27)25-12-9-17(2)10-13-25/h5-8,14,17,19H,3-4,9-13,15H2,1-2H3. The number of aryl methyl sites for hydroxylation is 1. The molecule has 1 unspecified atom stereocenters. The summed E-state index contributed by atoms with van der Waals surface area (Å²) in [4.78, 5) is 29.6. The van der Waals surface area contributed by atoms with E-state index < -0.39 is 0 Å². The monoisotopic (exact) mass is 395 g/mol. The van der Waals surface area contributed by atoms with Gasteiger partial charge in [-0.05, 0) is 38.5 Å². The molecule has 6 nitrogen and oxygen atoms in total. The zero-order valence-corrected chi connectivity index (χ0v) is 17.3. The first kappa shape index (κ1) is 19.7. The Bertz CT molecular complexity index is 866. The van der Waals surface area contributed by atoms with E-state index in [1.807, 2.05) is 36.1 Å². The van der Waals surface area contributed by atoms with E-state index in [1.54, 1.807) is 11.0 Å². The molecule has 2 aromatic rings. The molecule has 0 radical (unpaired) electrons. The Morgan fingerprint density at radius 3 is 2.48 bits per heavy atom. The smallest absolute Gasteiger partial charge is 0.276 e. The highest BCUT2D eigenvalue weighted by molar-refractivity contribution is 5.93. The summed E-state index contributed by atoms with van der Waals surface area (Å²) < 4.78 is 5.41. The Kier molecular flexibility index (Phi) is 5.69. The second-order valence-corrected chi connectivity index (χ2v) is 8.54. The summed E-state index contributed by atoms with van der Waals surface area (Å²) in [6, 6.07) is 9.62. The first-order chi connectivity index (χ1) is 14.0. The third-order valence-corrected chi connectivity index (χ3v) is 6.22. The van der Waals surface area contributed by atoms with Crippen LogP contribution < -0.4 is 0 Å². The molecule has 29 heavy (non-hydrogen) atoms. The summed E-state index contributed by atoms with van der Waals surface area (Å²) in [7, 11) is 0. The number of carbonyl (C=O) groups is 2. The van der Waals surface area contributed by atoms with Crippen LogP contribution in [0.1, 0.15) is 48.7 Å². The van der Waals surface area contributed by atoms with Crippen LogP contribution in [0.2, 0.25) is 0 Å². The Hall–Kier alpha value is -2.63. The van der Waals surface area contributed by atoms with Gasteiger partial charge < -0.3 is 14.3 Å². The SMILES string of the molecule is Cc1ccc(-c2cc(C(=O)N3CCCC(C(=O)N4CCC(C)CC4)C3)no2)cc1. The summed E-state index contributed by atoms with van der Waals surface area (Å²) in [5.41, 5.74) is 2.37. The van der Waals surface area contributed by atoms with E-state index in [2.05, 4.69) is 12.1 Å². The van der Waals surface area contributed by atoms with Gasteiger partial charge in [0, 0.05) is 37.8 Å². The fourth-order valence-electron chi connectivity index (χ4n) is 4.24. The van der Waals surface area contributed by atoms with Gasteiger partial charge in [0.25, 0.3) is 5.91 Å². The molecule has 0 aliphatic carbocycles. The summed E-state index contributed by atoms with van der Waals surface area (Å²) in [5, 5.41) is 4.00. The van der Waals surface area contributed by atoms with Crippen molar-refractivity contribution in [1.82, 2.24) is 15.0 Å². The fourth-order valence-corrected chi connectivity index (χ4v) is 4.24. The van der Waals surface area contributed by atoms with E-state index in [0.29, 0.717) is 30.5 Å². The third kappa shape index (κ3) is 4.36. The molecule has 2 amide bonds. The topological polar surface area (TPSA) is 66.7 Å². The lowest BCUT2D eigenvalue weighted by atomic mass is 9.93. The molecule has 2 aliphatic rings. The molecule has 0 bridgehead atoms. The Balaban J connectivity index is 1.41. The van der Waals surface area contributed by atoms with Gasteiger partial charge in [0.05, 0.1) is 5.92 Å². The number of piperidine rings is 2. The molecule has 0 saturated carbocycles. The van der Waals surface area contributed by atoms with Gasteiger partial charge in [0.15, 0.2) is 11.5 Å². The van der Waals surface area contributed by atoms with Crippen molar-refractivity contribution in [2.45, 2.75) is 39.5 Å². The first-order valence-electron chi connectivity index (χ1n) is 10.6. The number of aromatic nitrogens is 1. The summed E-state index contributed by atoms with van der Waals surface area (Å²) >= 11 is 0. The van der Waals surface area contributed by atoms with E-state index in [4.69, 9.17) is 4.52 Å². The van der Waals surface area contributed by atoms with Crippen LogP contribution in [0, 0.1) is 18.8 Å². The van der Waals surface area contributed by atoms with Gasteiger partial charge in [0.2, 0.25) is 5.91 Å². The second-order valence-electron chi connectivity index (χ2n) is 8.54. The Morgan fingerprint density at radius 1 is 1.03 bits per heavy atom. The summed E-state index contributed by atoms with van der Waals surface area (Å²) in [5.74, 6) is 1.22. The molecule has 1 aromatic carbocycles. The second kappa shape index (κ2) is 8.39. The lowest BCUT2D eigenvalue weighted by Crippen LogP contribution is -2.48. The van der Waals surface area contributed by atoms with Gasteiger partial charge in [-0.25, -0.2) is 0 Å². The maximum atomic E-state index is 13.0. The van der Waals surface area contributed by atoms with Crippen molar-refractivity contribution in [2.75, 3.05) is 26.2 Å². The molecule has 0 N–H and O–H groups in total. The molecule has 2 fully saturated rings. The maximum Gasteiger partial charge on any atom is 0.276 e. The summed E-state index contributed by atoms with van der Waals surface area (Å²) in [6.45, 7) is 7.08. The van der Waals surface area contributed by atoms with Gasteiger partial charge in [0.1, 0.15) is 0 Å². The van der Waals surface area contributed by atoms with Crippen LogP contribution in [0.15, 0.2) is 34.9 Å². The van der Waals surface area contributed by atoms with Crippen molar-refractivity contribution in [2.24, 2.45) is 11.8 Å². The van der Waals surface area contributed by atoms with Crippen LogP contribution in [-0.4, -0.2) is 52.9 Å². The normalized spacial score (nSPS) is 20.7. The largest absolute Gasteiger partial charge is 0.355 e. The molecular formula is C23H29N3O3. The minimum atomic E-state index is -0.156. The molecule has 2 aliphatic heterocycles. The van der Waals surface area contributed by atoms with Gasteiger partial charge in [-0.15, -0.1) is 0 Å². The highest BCUT2D eigenvalue weighted by atomic mass is 16.5. The van der Waals surface area contributed by atoms with Crippen molar-refractivity contribution in [3.63, 3.8) is 0 Å². The average molecular weight is 396 g/mol. The van der Waals surface area contributed by atoms with Crippen molar-refractivity contribution in [3.05, 3.63) is 41.6 Å². The minimum Gasteiger partial charge on any atom is -0.355 e. The van der Waals surface area contributed by atoms with E-state index in [1.165, 1.54) is 0 Å². The number of rotatable bonds is 3. The number of carbonyl (C=O) groups excluding carboxylic acids is 2. The number of amides is 2. The highest BCUT2D eigenvalue weighted by Gasteiger charge is 2.33. The van der Waals surface area contributed by atoms with Crippen LogP contribution in [0.3, 0.4) is 0 Å². The molecule has 0 spiro atoms. The van der Waals surface area contributed by atoms with E-state index in [0.717, 1.165) is 49.9 Å². The first-order valence-corrected chi connectivity index (χ1v) is 10.6. The van der Waals surface area contributed by atoms with Crippen molar-refractivity contribution < 1.29 is 14.1 Å². The predicted octanol–water partition coefficient (Wildman–Crippen LogP) is 3.76. The minimum absolute atomic E-state index is 0.107. The number of likely N-dealkylation sites (tertiary alicyclic amines) is 2. The van der Waals surface area contributed by atoms with Crippen LogP contribution in [0.25, 0.3) is 11.3 Å². The predicted molar refractivity (Wildman–Crippen MR) is 110 cm³/mol. The fraction of sp³-hybridized carbons (Fsp3) is 0.522. The third-order valence-electron chi connectivity index (χ3n) is 6.22. The Labute approximate surface area is 171 Å². The molecule has 1 aromatic heterocycles. The highest BCUT2D eigenvalue weighted by Crippen LogP contribution is 2.25. The van der Waals surface area contributed by atoms with E-state index in [-0.39, 0.29) is 17.7 Å². The number of hydrogen-bond acceptors (Lipinski definition) is 4. The zero-order valence-electron chi connectivity index (χ0n) is 17.3. The van der Waals surface area contributed by atoms with Crippen LogP contribution >= 0.6 is 0 Å². The lowest BCUT2D eigenvalue weighted by molar-refractivity contribution is -0.138. The molecule has 3 heterocycles. The zero-order chi connectivity index (χ0) is 20.4. The van der Waals surface area contributed by atoms with Gasteiger partial charge >= 0.3 is 0 Å². The number of nitrogens with zero attached hydrogens (tertiary/aromatic N) is 3. The lowest BCUT2D eigenvalue weighted by Gasteiger charge is -2.37. The molecular weight excluding hydrogens is 366 g/mol. The number of benzene rings is 1.